The molecule has 0 saturated heterocycles. The third-order valence-corrected chi connectivity index (χ3v) is 4.16. The van der Waals surface area contributed by atoms with Crippen LogP contribution in [0.25, 0.3) is 0 Å². The monoisotopic (exact) mass is 359 g/mol. The van der Waals surface area contributed by atoms with Crippen LogP contribution < -0.4 is 5.32 Å². The molecule has 0 radical (unpaired) electrons. The predicted molar refractivity (Wildman–Crippen MR) is 84.1 cm³/mol. The molecule has 1 atom stereocenters. The smallest absolute Gasteiger partial charge is 0.0745 e. The SMILES string of the molecule is OCC(Nc1cccc(Cl)c1)c1ccc(Br)c(Cl)c1. The van der Waals surface area contributed by atoms with Crippen molar-refractivity contribution < 1.29 is 5.11 Å². The Bertz CT molecular complexity index is 577. The Balaban J connectivity index is 2.22. The Morgan fingerprint density at radius 3 is 2.58 bits per heavy atom. The van der Waals surface area contributed by atoms with Crippen LogP contribution in [0.5, 0.6) is 0 Å². The molecule has 0 aliphatic rings. The minimum Gasteiger partial charge on any atom is -0.394 e. The molecule has 2 aromatic carbocycles. The zero-order chi connectivity index (χ0) is 13.8. The molecule has 0 aliphatic heterocycles. The average molecular weight is 361 g/mol. The van der Waals surface area contributed by atoms with Crippen molar-refractivity contribution in [3.05, 3.63) is 62.5 Å². The van der Waals surface area contributed by atoms with E-state index in [1.807, 2.05) is 36.4 Å². The Labute approximate surface area is 130 Å². The second-order valence-corrected chi connectivity index (χ2v) is 5.76. The quantitative estimate of drug-likeness (QED) is 0.812. The van der Waals surface area contributed by atoms with E-state index in [4.69, 9.17) is 23.2 Å². The van der Waals surface area contributed by atoms with Crippen LogP contribution in [0.3, 0.4) is 0 Å². The number of aliphatic hydroxyl groups excluding tert-OH is 1. The highest BCUT2D eigenvalue weighted by molar-refractivity contribution is 9.10. The van der Waals surface area contributed by atoms with E-state index in [0.29, 0.717) is 10.0 Å². The second kappa shape index (κ2) is 6.62. The maximum Gasteiger partial charge on any atom is 0.0745 e. The number of nitrogens with one attached hydrogen (secondary N) is 1. The van der Waals surface area contributed by atoms with Crippen LogP contribution in [0.2, 0.25) is 10.0 Å². The van der Waals surface area contributed by atoms with Gasteiger partial charge < -0.3 is 10.4 Å². The first-order valence-corrected chi connectivity index (χ1v) is 7.23. The standard InChI is InChI=1S/C14H12BrCl2NO/c15-12-5-4-9(6-13(12)17)14(8-19)18-11-3-1-2-10(16)7-11/h1-7,14,18-19H,8H2. The molecule has 0 bridgehead atoms. The van der Waals surface area contributed by atoms with Gasteiger partial charge in [0.2, 0.25) is 0 Å². The number of aliphatic hydroxyl groups is 1. The van der Waals surface area contributed by atoms with Crippen molar-refractivity contribution in [3.8, 4) is 0 Å². The van der Waals surface area contributed by atoms with Gasteiger partial charge in [-0.15, -0.1) is 0 Å². The lowest BCUT2D eigenvalue weighted by atomic mass is 10.1. The van der Waals surface area contributed by atoms with Gasteiger partial charge in [-0.3, -0.25) is 0 Å². The maximum absolute atomic E-state index is 9.52. The molecule has 19 heavy (non-hydrogen) atoms. The van der Waals surface area contributed by atoms with E-state index < -0.39 is 0 Å². The number of anilines is 1. The Morgan fingerprint density at radius 1 is 1.16 bits per heavy atom. The summed E-state index contributed by atoms with van der Waals surface area (Å²) in [5, 5.41) is 14.0. The fraction of sp³-hybridized carbons (Fsp3) is 0.143. The number of benzene rings is 2. The number of halogens is 3. The molecule has 2 nitrogen and oxygen atoms in total. The molecular formula is C14H12BrCl2NO. The van der Waals surface area contributed by atoms with E-state index in [9.17, 15) is 5.11 Å². The van der Waals surface area contributed by atoms with Gasteiger partial charge in [0.1, 0.15) is 0 Å². The Morgan fingerprint density at radius 2 is 1.95 bits per heavy atom. The van der Waals surface area contributed by atoms with Crippen LogP contribution in [-0.4, -0.2) is 11.7 Å². The normalized spacial score (nSPS) is 12.2. The van der Waals surface area contributed by atoms with Crippen LogP contribution in [0.4, 0.5) is 5.69 Å². The van der Waals surface area contributed by atoms with Crippen molar-refractivity contribution in [2.75, 3.05) is 11.9 Å². The van der Waals surface area contributed by atoms with Gasteiger partial charge in [-0.25, -0.2) is 0 Å². The molecule has 0 amide bonds. The molecule has 2 rings (SSSR count). The highest BCUT2D eigenvalue weighted by Crippen LogP contribution is 2.28. The van der Waals surface area contributed by atoms with Crippen LogP contribution in [0, 0.1) is 0 Å². The molecule has 5 heteroatoms. The fourth-order valence-corrected chi connectivity index (χ4v) is 2.37. The third-order valence-electron chi connectivity index (χ3n) is 2.69. The van der Waals surface area contributed by atoms with Crippen molar-refractivity contribution >= 4 is 44.8 Å². The van der Waals surface area contributed by atoms with Crippen molar-refractivity contribution in [2.24, 2.45) is 0 Å². The van der Waals surface area contributed by atoms with Crippen LogP contribution >= 0.6 is 39.1 Å². The summed E-state index contributed by atoms with van der Waals surface area (Å²) in [6.45, 7) is -0.0372. The summed E-state index contributed by atoms with van der Waals surface area (Å²) < 4.78 is 0.831. The number of rotatable bonds is 4. The summed E-state index contributed by atoms with van der Waals surface area (Å²) in [6, 6.07) is 12.7. The molecule has 100 valence electrons. The first kappa shape index (κ1) is 14.7. The highest BCUT2D eigenvalue weighted by Gasteiger charge is 2.11. The van der Waals surface area contributed by atoms with Gasteiger partial charge in [0.05, 0.1) is 17.7 Å². The molecule has 0 fully saturated rings. The molecule has 2 N–H and O–H groups in total. The topological polar surface area (TPSA) is 32.3 Å². The van der Waals surface area contributed by atoms with Gasteiger partial charge >= 0.3 is 0 Å². The third kappa shape index (κ3) is 3.86. The van der Waals surface area contributed by atoms with E-state index in [0.717, 1.165) is 15.7 Å². The van der Waals surface area contributed by atoms with E-state index in [-0.39, 0.29) is 12.6 Å². The Hall–Kier alpha value is -0.740. The zero-order valence-electron chi connectivity index (χ0n) is 9.91. The molecule has 0 spiro atoms. The fourth-order valence-electron chi connectivity index (χ4n) is 1.74. The molecule has 0 heterocycles. The van der Waals surface area contributed by atoms with Gasteiger partial charge in [-0.2, -0.15) is 0 Å². The van der Waals surface area contributed by atoms with Gasteiger partial charge in [0.15, 0.2) is 0 Å². The molecule has 1 unspecified atom stereocenters. The Kier molecular flexibility index (Phi) is 5.11. The average Bonchev–Trinajstić information content (AvgIpc) is 2.39. The van der Waals surface area contributed by atoms with Crippen LogP contribution in [0.15, 0.2) is 46.9 Å². The molecule has 2 aromatic rings. The minimum absolute atomic E-state index is 0.0372. The van der Waals surface area contributed by atoms with E-state index in [1.165, 1.54) is 0 Å². The largest absolute Gasteiger partial charge is 0.394 e. The van der Waals surface area contributed by atoms with Crippen molar-refractivity contribution in [1.29, 1.82) is 0 Å². The van der Waals surface area contributed by atoms with E-state index >= 15 is 0 Å². The lowest BCUT2D eigenvalue weighted by molar-refractivity contribution is 0.276. The summed E-state index contributed by atoms with van der Waals surface area (Å²) in [4.78, 5) is 0. The second-order valence-electron chi connectivity index (χ2n) is 4.06. The van der Waals surface area contributed by atoms with Gasteiger partial charge in [0, 0.05) is 15.2 Å². The highest BCUT2D eigenvalue weighted by atomic mass is 79.9. The van der Waals surface area contributed by atoms with E-state index in [2.05, 4.69) is 21.2 Å². The summed E-state index contributed by atoms with van der Waals surface area (Å²) in [5.41, 5.74) is 1.77. The van der Waals surface area contributed by atoms with Gasteiger partial charge in [0.25, 0.3) is 0 Å². The first-order chi connectivity index (χ1) is 9.10. The number of hydrogen-bond donors (Lipinski definition) is 2. The number of hydrogen-bond acceptors (Lipinski definition) is 2. The van der Waals surface area contributed by atoms with Crippen molar-refractivity contribution in [2.45, 2.75) is 6.04 Å². The van der Waals surface area contributed by atoms with Crippen molar-refractivity contribution in [1.82, 2.24) is 0 Å². The summed E-state index contributed by atoms with van der Waals surface area (Å²) >= 11 is 15.3. The molecule has 0 aliphatic carbocycles. The predicted octanol–water partition coefficient (Wildman–Crippen LogP) is 4.90. The lowest BCUT2D eigenvalue weighted by Crippen LogP contribution is -2.14. The minimum atomic E-state index is -0.232. The van der Waals surface area contributed by atoms with Crippen LogP contribution in [0.1, 0.15) is 11.6 Å². The lowest BCUT2D eigenvalue weighted by Gasteiger charge is -2.18. The van der Waals surface area contributed by atoms with Crippen LogP contribution in [-0.2, 0) is 0 Å². The molecule has 0 aromatic heterocycles. The summed E-state index contributed by atoms with van der Waals surface area (Å²) in [5.74, 6) is 0. The zero-order valence-corrected chi connectivity index (χ0v) is 13.0. The van der Waals surface area contributed by atoms with Crippen molar-refractivity contribution in [3.63, 3.8) is 0 Å². The van der Waals surface area contributed by atoms with Gasteiger partial charge in [-0.05, 0) is 51.8 Å². The molecule has 0 saturated carbocycles. The maximum atomic E-state index is 9.52. The molecular weight excluding hydrogens is 349 g/mol. The van der Waals surface area contributed by atoms with Gasteiger partial charge in [-0.1, -0.05) is 35.3 Å². The van der Waals surface area contributed by atoms with E-state index in [1.54, 1.807) is 6.07 Å². The summed E-state index contributed by atoms with van der Waals surface area (Å²) in [7, 11) is 0. The summed E-state index contributed by atoms with van der Waals surface area (Å²) in [6.07, 6.45) is 0. The first-order valence-electron chi connectivity index (χ1n) is 5.68.